The van der Waals surface area contributed by atoms with Gasteiger partial charge in [0.2, 0.25) is 0 Å². The van der Waals surface area contributed by atoms with Gasteiger partial charge < -0.3 is 5.73 Å². The number of hydrogen-bond donors (Lipinski definition) is 1. The van der Waals surface area contributed by atoms with Gasteiger partial charge in [0.25, 0.3) is 0 Å². The van der Waals surface area contributed by atoms with E-state index in [4.69, 9.17) is 10.5 Å². The molecule has 0 aliphatic heterocycles. The normalized spacial score (nSPS) is 31.2. The Balaban J connectivity index is 0.000000795. The number of rotatable bonds is 8. The van der Waals surface area contributed by atoms with Gasteiger partial charge in [0.05, 0.1) is 0 Å². The van der Waals surface area contributed by atoms with Crippen LogP contribution in [0.1, 0.15) is 133 Å². The van der Waals surface area contributed by atoms with Crippen molar-refractivity contribution in [1.82, 2.24) is 0 Å². The van der Waals surface area contributed by atoms with Crippen LogP contribution in [0.15, 0.2) is 30.9 Å². The van der Waals surface area contributed by atoms with E-state index in [1.165, 1.54) is 88.7 Å². The maximum Gasteiger partial charge on any atom is 0.142 e. The number of unbranched alkanes of at least 4 members (excludes halogenated alkanes) is 2. The highest BCUT2D eigenvalue weighted by atomic mass is 19.1. The number of carbonyl (C=O) groups excluding carboxylic acids is 1. The van der Waals surface area contributed by atoms with Gasteiger partial charge in [-0.15, -0.1) is 0 Å². The molecule has 3 aliphatic carbocycles. The fourth-order valence-electron chi connectivity index (χ4n) is 7.11. The first-order chi connectivity index (χ1) is 17.0. The molecule has 3 saturated carbocycles. The van der Waals surface area contributed by atoms with E-state index in [0.29, 0.717) is 24.2 Å². The van der Waals surface area contributed by atoms with Crippen LogP contribution in [0.2, 0.25) is 0 Å². The fraction of sp³-hybridized carbons (Fsp3) is 0.719. The summed E-state index contributed by atoms with van der Waals surface area (Å²) in [6.45, 7) is 5.42. The molecule has 3 fully saturated rings. The predicted octanol–water partition coefficient (Wildman–Crippen LogP) is 8.84. The van der Waals surface area contributed by atoms with Crippen molar-refractivity contribution >= 4 is 6.29 Å². The van der Waals surface area contributed by atoms with E-state index in [9.17, 15) is 4.39 Å². The zero-order chi connectivity index (χ0) is 25.0. The first-order valence-corrected chi connectivity index (χ1v) is 14.7. The van der Waals surface area contributed by atoms with E-state index >= 15 is 0 Å². The lowest BCUT2D eigenvalue weighted by Gasteiger charge is -2.38. The number of hydrogen-bond acceptors (Lipinski definition) is 2. The minimum Gasteiger partial charge on any atom is -0.328 e. The van der Waals surface area contributed by atoms with Crippen molar-refractivity contribution in [3.05, 3.63) is 47.8 Å². The third kappa shape index (κ3) is 8.55. The van der Waals surface area contributed by atoms with Crippen molar-refractivity contribution in [3.8, 4) is 0 Å². The summed E-state index contributed by atoms with van der Waals surface area (Å²) in [6, 6.07) is 6.57. The summed E-state index contributed by atoms with van der Waals surface area (Å²) in [5, 5.41) is 0. The lowest BCUT2D eigenvalue weighted by molar-refractivity contribution is -0.104. The molecule has 0 radical (unpaired) electrons. The van der Waals surface area contributed by atoms with Crippen molar-refractivity contribution in [1.29, 1.82) is 0 Å². The Morgan fingerprint density at radius 2 is 1.46 bits per heavy atom. The predicted molar refractivity (Wildman–Crippen MR) is 146 cm³/mol. The smallest absolute Gasteiger partial charge is 0.142 e. The van der Waals surface area contributed by atoms with Crippen molar-refractivity contribution in [2.75, 3.05) is 0 Å². The van der Waals surface area contributed by atoms with E-state index in [0.717, 1.165) is 49.0 Å². The Morgan fingerprint density at radius 3 is 2.00 bits per heavy atom. The summed E-state index contributed by atoms with van der Waals surface area (Å²) in [5.41, 5.74) is 8.24. The monoisotopic (exact) mass is 483 g/mol. The minimum absolute atomic E-state index is 0.0430. The van der Waals surface area contributed by atoms with Crippen molar-refractivity contribution in [2.24, 2.45) is 23.5 Å². The molecule has 1 aromatic rings. The summed E-state index contributed by atoms with van der Waals surface area (Å²) in [4.78, 5) is 9.06. The summed E-state index contributed by atoms with van der Waals surface area (Å²) >= 11 is 0. The number of benzene rings is 1. The quantitative estimate of drug-likeness (QED) is 0.228. The lowest BCUT2D eigenvalue weighted by atomic mass is 9.68. The fourth-order valence-corrected chi connectivity index (χ4v) is 7.11. The number of carbonyl (C=O) groups is 1. The average Bonchev–Trinajstić information content (AvgIpc) is 2.90. The molecule has 0 unspecified atom stereocenters. The Labute approximate surface area is 214 Å². The molecule has 1 aromatic carbocycles. The lowest BCUT2D eigenvalue weighted by Crippen LogP contribution is -2.26. The third-order valence-electron chi connectivity index (χ3n) is 9.35. The van der Waals surface area contributed by atoms with Gasteiger partial charge in [-0.05, 0) is 117 Å². The first kappa shape index (κ1) is 28.1. The van der Waals surface area contributed by atoms with Crippen molar-refractivity contribution in [3.63, 3.8) is 0 Å². The summed E-state index contributed by atoms with van der Waals surface area (Å²) in [6.07, 6.45) is 22.8. The molecule has 0 saturated heterocycles. The third-order valence-corrected chi connectivity index (χ3v) is 9.35. The topological polar surface area (TPSA) is 43.1 Å². The molecule has 4 rings (SSSR count). The van der Waals surface area contributed by atoms with Crippen LogP contribution in [0.4, 0.5) is 4.39 Å². The minimum atomic E-state index is 0.0430. The molecule has 3 heteroatoms. The van der Waals surface area contributed by atoms with Crippen LogP contribution in [-0.4, -0.2) is 12.3 Å². The van der Waals surface area contributed by atoms with Crippen LogP contribution in [0.3, 0.4) is 0 Å². The molecule has 35 heavy (non-hydrogen) atoms. The summed E-state index contributed by atoms with van der Waals surface area (Å²) < 4.78 is 15.0. The number of aldehydes is 1. The van der Waals surface area contributed by atoms with Gasteiger partial charge in [0.1, 0.15) is 12.1 Å². The van der Waals surface area contributed by atoms with E-state index in [1.807, 2.05) is 6.07 Å². The molecular weight excluding hydrogens is 433 g/mol. The maximum atomic E-state index is 15.0. The second-order valence-electron chi connectivity index (χ2n) is 11.7. The van der Waals surface area contributed by atoms with Gasteiger partial charge in [-0.1, -0.05) is 64.2 Å². The second kappa shape index (κ2) is 14.9. The zero-order valence-corrected chi connectivity index (χ0v) is 22.2. The Hall–Kier alpha value is -1.48. The highest BCUT2D eigenvalue weighted by molar-refractivity contribution is 5.63. The number of nitrogens with two attached hydrogens (primary N) is 1. The van der Waals surface area contributed by atoms with E-state index in [1.54, 1.807) is 0 Å². The molecule has 3 aliphatic rings. The van der Waals surface area contributed by atoms with Crippen LogP contribution < -0.4 is 5.73 Å². The molecule has 0 atom stereocenters. The molecule has 196 valence electrons. The van der Waals surface area contributed by atoms with E-state index in [2.05, 4.69) is 25.6 Å². The molecule has 2 nitrogen and oxygen atoms in total. The van der Waals surface area contributed by atoms with Gasteiger partial charge in [0, 0.05) is 6.04 Å². The summed E-state index contributed by atoms with van der Waals surface area (Å²) in [7, 11) is 0. The van der Waals surface area contributed by atoms with E-state index < -0.39 is 0 Å². The maximum absolute atomic E-state index is 15.0. The molecular formula is C32H50FNO. The molecule has 2 N–H and O–H groups in total. The Kier molecular flexibility index (Phi) is 12.0. The highest BCUT2D eigenvalue weighted by Gasteiger charge is 2.31. The number of allylic oxidation sites excluding steroid dienone is 1. The van der Waals surface area contributed by atoms with Crippen LogP contribution in [0.25, 0.3) is 0 Å². The SMILES string of the molecule is C=CC=O.CCCCCC1CCC(C2CCC(c3ccc(C4CCC(N)CC4)c(F)c3)CC2)CC1. The molecule has 0 bridgehead atoms. The van der Waals surface area contributed by atoms with Gasteiger partial charge in [-0.2, -0.15) is 0 Å². The van der Waals surface area contributed by atoms with Crippen LogP contribution >= 0.6 is 0 Å². The molecule has 0 heterocycles. The standard InChI is InChI=1S/C29H46FN.C3H4O/c1-2-3-4-5-21-6-8-22(9-7-21)23-10-12-24(13-11-23)26-16-19-28(29(30)20-26)25-14-17-27(31)18-15-25;1-2-3-4/h16,19-25,27H,2-15,17-18,31H2,1H3;2-3H,1H2. The van der Waals surface area contributed by atoms with Gasteiger partial charge in [-0.25, -0.2) is 4.39 Å². The van der Waals surface area contributed by atoms with Crippen LogP contribution in [-0.2, 0) is 4.79 Å². The van der Waals surface area contributed by atoms with Gasteiger partial charge in [-0.3, -0.25) is 4.79 Å². The van der Waals surface area contributed by atoms with Gasteiger partial charge >= 0.3 is 0 Å². The van der Waals surface area contributed by atoms with E-state index in [-0.39, 0.29) is 5.82 Å². The molecule has 0 spiro atoms. The first-order valence-electron chi connectivity index (χ1n) is 14.7. The van der Waals surface area contributed by atoms with Crippen molar-refractivity contribution in [2.45, 2.75) is 128 Å². The van der Waals surface area contributed by atoms with Crippen LogP contribution in [0, 0.1) is 23.6 Å². The second-order valence-corrected chi connectivity index (χ2v) is 11.7. The Morgan fingerprint density at radius 1 is 0.886 bits per heavy atom. The highest BCUT2D eigenvalue weighted by Crippen LogP contribution is 2.45. The van der Waals surface area contributed by atoms with Gasteiger partial charge in [0.15, 0.2) is 0 Å². The average molecular weight is 484 g/mol. The zero-order valence-electron chi connectivity index (χ0n) is 22.2. The Bertz CT molecular complexity index is 747. The molecule has 0 amide bonds. The van der Waals surface area contributed by atoms with Crippen molar-refractivity contribution < 1.29 is 9.18 Å². The molecule has 0 aromatic heterocycles. The van der Waals surface area contributed by atoms with Crippen LogP contribution in [0.5, 0.6) is 0 Å². The largest absolute Gasteiger partial charge is 0.328 e. The number of halogens is 1. The summed E-state index contributed by atoms with van der Waals surface area (Å²) in [5.74, 6) is 3.91.